The Labute approximate surface area is 207 Å². The van der Waals surface area contributed by atoms with Gasteiger partial charge < -0.3 is 15.0 Å². The van der Waals surface area contributed by atoms with Crippen LogP contribution in [0.5, 0.6) is 5.75 Å². The summed E-state index contributed by atoms with van der Waals surface area (Å²) in [4.78, 5) is 32.1. The Morgan fingerprint density at radius 1 is 1.11 bits per heavy atom. The SMILES string of the molecule is CN(C)C(=O)n1cc(C(=O)C2=CSC(c3cccnc3)N2)c2ccc(OCc3ccccc3)cc21. The minimum atomic E-state index is -0.245. The van der Waals surface area contributed by atoms with Gasteiger partial charge in [-0.15, -0.1) is 11.8 Å². The maximum Gasteiger partial charge on any atom is 0.328 e. The van der Waals surface area contributed by atoms with Crippen LogP contribution in [-0.2, 0) is 6.61 Å². The minimum Gasteiger partial charge on any atom is -0.489 e. The number of nitrogens with one attached hydrogen (secondary N) is 1. The summed E-state index contributed by atoms with van der Waals surface area (Å²) in [6.07, 6.45) is 5.11. The number of hydrogen-bond acceptors (Lipinski definition) is 6. The van der Waals surface area contributed by atoms with Crippen molar-refractivity contribution in [1.29, 1.82) is 0 Å². The Hall–Kier alpha value is -4.04. The fourth-order valence-corrected chi connectivity index (χ4v) is 4.83. The first-order valence-electron chi connectivity index (χ1n) is 11.1. The number of aromatic nitrogens is 2. The number of fused-ring (bicyclic) bond motifs is 1. The van der Waals surface area contributed by atoms with Gasteiger partial charge in [-0.2, -0.15) is 0 Å². The maximum absolute atomic E-state index is 13.5. The summed E-state index contributed by atoms with van der Waals surface area (Å²) in [5.41, 5.74) is 3.60. The molecule has 1 aliphatic rings. The lowest BCUT2D eigenvalue weighted by molar-refractivity contribution is 0.102. The fraction of sp³-hybridized carbons (Fsp3) is 0.148. The van der Waals surface area contributed by atoms with Gasteiger partial charge in [-0.1, -0.05) is 36.4 Å². The lowest BCUT2D eigenvalue weighted by Gasteiger charge is -2.12. The van der Waals surface area contributed by atoms with Crippen molar-refractivity contribution in [2.24, 2.45) is 0 Å². The normalized spacial score (nSPS) is 14.9. The fourth-order valence-electron chi connectivity index (χ4n) is 3.89. The number of pyridine rings is 1. The average molecular weight is 485 g/mol. The van der Waals surface area contributed by atoms with E-state index in [9.17, 15) is 9.59 Å². The van der Waals surface area contributed by atoms with Crippen molar-refractivity contribution in [3.05, 3.63) is 107 Å². The molecule has 1 atom stereocenters. The molecule has 0 saturated carbocycles. The summed E-state index contributed by atoms with van der Waals surface area (Å²) in [6, 6.07) is 18.9. The third kappa shape index (κ3) is 4.65. The zero-order valence-corrected chi connectivity index (χ0v) is 20.2. The third-order valence-corrected chi connectivity index (χ3v) is 6.73. The number of rotatable bonds is 6. The minimum absolute atomic E-state index is 0.0857. The first-order chi connectivity index (χ1) is 17.0. The Morgan fingerprint density at radius 2 is 1.94 bits per heavy atom. The second-order valence-electron chi connectivity index (χ2n) is 8.35. The molecule has 7 nitrogen and oxygen atoms in total. The van der Waals surface area contributed by atoms with Gasteiger partial charge in [-0.25, -0.2) is 4.79 Å². The van der Waals surface area contributed by atoms with Crippen LogP contribution in [0.3, 0.4) is 0 Å². The van der Waals surface area contributed by atoms with Crippen LogP contribution >= 0.6 is 11.8 Å². The molecule has 1 unspecified atom stereocenters. The van der Waals surface area contributed by atoms with Gasteiger partial charge in [0.25, 0.3) is 0 Å². The molecular formula is C27H24N4O3S. The maximum atomic E-state index is 13.5. The van der Waals surface area contributed by atoms with Gasteiger partial charge in [0.1, 0.15) is 17.7 Å². The van der Waals surface area contributed by atoms with Gasteiger partial charge in [-0.3, -0.25) is 14.3 Å². The molecule has 0 aliphatic carbocycles. The van der Waals surface area contributed by atoms with Crippen LogP contribution < -0.4 is 10.1 Å². The van der Waals surface area contributed by atoms with E-state index in [2.05, 4.69) is 10.3 Å². The molecule has 2 aromatic carbocycles. The predicted molar refractivity (Wildman–Crippen MR) is 137 cm³/mol. The number of amides is 1. The van der Waals surface area contributed by atoms with E-state index in [1.165, 1.54) is 21.2 Å². The monoisotopic (exact) mass is 484 g/mol. The second-order valence-corrected chi connectivity index (χ2v) is 9.33. The number of hydrogen-bond donors (Lipinski definition) is 1. The highest BCUT2D eigenvalue weighted by atomic mass is 32.2. The van der Waals surface area contributed by atoms with Gasteiger partial charge in [0, 0.05) is 55.1 Å². The number of Topliss-reactive ketones (excluding diaryl/α,β-unsaturated/α-hetero) is 1. The number of carbonyl (C=O) groups excluding carboxylic acids is 2. The first kappa shape index (κ1) is 22.7. The molecule has 1 N–H and O–H groups in total. The molecule has 1 amide bonds. The summed E-state index contributed by atoms with van der Waals surface area (Å²) in [5.74, 6) is 0.453. The lowest BCUT2D eigenvalue weighted by Crippen LogP contribution is -2.26. The number of nitrogens with zero attached hydrogens (tertiary/aromatic N) is 3. The first-order valence-corrected chi connectivity index (χ1v) is 12.1. The molecule has 2 aromatic heterocycles. The molecule has 176 valence electrons. The predicted octanol–water partition coefficient (Wildman–Crippen LogP) is 5.20. The van der Waals surface area contributed by atoms with Gasteiger partial charge in [0.05, 0.1) is 16.8 Å². The third-order valence-electron chi connectivity index (χ3n) is 5.70. The molecule has 1 aliphatic heterocycles. The molecule has 0 spiro atoms. The zero-order chi connectivity index (χ0) is 24.4. The van der Waals surface area contributed by atoms with Crippen molar-refractivity contribution in [3.8, 4) is 5.75 Å². The molecule has 0 radical (unpaired) electrons. The summed E-state index contributed by atoms with van der Waals surface area (Å²) in [6.45, 7) is 0.407. The number of ether oxygens (including phenoxy) is 1. The van der Waals surface area contributed by atoms with Crippen LogP contribution in [0.1, 0.15) is 26.9 Å². The van der Waals surface area contributed by atoms with E-state index in [1.807, 2.05) is 60.0 Å². The quantitative estimate of drug-likeness (QED) is 0.379. The van der Waals surface area contributed by atoms with Gasteiger partial charge in [-0.05, 0) is 23.8 Å². The van der Waals surface area contributed by atoms with Crippen molar-refractivity contribution in [1.82, 2.24) is 19.8 Å². The molecule has 35 heavy (non-hydrogen) atoms. The summed E-state index contributed by atoms with van der Waals surface area (Å²) >= 11 is 1.52. The number of ketones is 1. The van der Waals surface area contributed by atoms with Crippen LogP contribution in [-0.4, -0.2) is 40.4 Å². The van der Waals surface area contributed by atoms with E-state index in [-0.39, 0.29) is 17.2 Å². The molecule has 0 saturated heterocycles. The highest BCUT2D eigenvalue weighted by Crippen LogP contribution is 2.36. The van der Waals surface area contributed by atoms with Crippen LogP contribution in [0.4, 0.5) is 4.79 Å². The van der Waals surface area contributed by atoms with E-state index < -0.39 is 0 Å². The second kappa shape index (κ2) is 9.68. The van der Waals surface area contributed by atoms with Crippen LogP contribution in [0.15, 0.2) is 90.4 Å². The molecule has 5 rings (SSSR count). The van der Waals surface area contributed by atoms with Crippen molar-refractivity contribution in [2.45, 2.75) is 12.0 Å². The Balaban J connectivity index is 1.45. The molecular weight excluding hydrogens is 460 g/mol. The van der Waals surface area contributed by atoms with E-state index in [4.69, 9.17) is 4.74 Å². The molecule has 4 aromatic rings. The molecule has 3 heterocycles. The lowest BCUT2D eigenvalue weighted by atomic mass is 10.1. The van der Waals surface area contributed by atoms with Crippen molar-refractivity contribution < 1.29 is 14.3 Å². The highest BCUT2D eigenvalue weighted by Gasteiger charge is 2.27. The smallest absolute Gasteiger partial charge is 0.328 e. The van der Waals surface area contributed by atoms with E-state index in [1.54, 1.807) is 38.8 Å². The number of allylic oxidation sites excluding steroid dienone is 1. The molecule has 8 heteroatoms. The van der Waals surface area contributed by atoms with Crippen molar-refractivity contribution in [3.63, 3.8) is 0 Å². The Kier molecular flexibility index (Phi) is 6.29. The van der Waals surface area contributed by atoms with Gasteiger partial charge in [0.2, 0.25) is 5.78 Å². The van der Waals surface area contributed by atoms with Gasteiger partial charge >= 0.3 is 6.03 Å². The van der Waals surface area contributed by atoms with Crippen molar-refractivity contribution in [2.75, 3.05) is 14.1 Å². The summed E-state index contributed by atoms with van der Waals surface area (Å²) in [5, 5.41) is 5.72. The summed E-state index contributed by atoms with van der Waals surface area (Å²) in [7, 11) is 3.36. The number of benzene rings is 2. The van der Waals surface area contributed by atoms with Crippen LogP contribution in [0, 0.1) is 0 Å². The highest BCUT2D eigenvalue weighted by molar-refractivity contribution is 8.02. The Bertz CT molecular complexity index is 1410. The molecule has 0 bridgehead atoms. The topological polar surface area (TPSA) is 76.5 Å². The average Bonchev–Trinajstić information content (AvgIpc) is 3.53. The largest absolute Gasteiger partial charge is 0.489 e. The number of thioether (sulfide) groups is 1. The van der Waals surface area contributed by atoms with E-state index >= 15 is 0 Å². The van der Waals surface area contributed by atoms with Gasteiger partial charge in [0.15, 0.2) is 0 Å². The van der Waals surface area contributed by atoms with E-state index in [0.717, 1.165) is 11.1 Å². The van der Waals surface area contributed by atoms with E-state index in [0.29, 0.717) is 34.5 Å². The van der Waals surface area contributed by atoms with Crippen molar-refractivity contribution >= 4 is 34.5 Å². The number of carbonyl (C=O) groups is 2. The zero-order valence-electron chi connectivity index (χ0n) is 19.3. The van der Waals surface area contributed by atoms with Crippen LogP contribution in [0.25, 0.3) is 10.9 Å². The van der Waals surface area contributed by atoms with Crippen LogP contribution in [0.2, 0.25) is 0 Å². The standard InChI is InChI=1S/C27H24N4O3S/c1-30(2)27(33)31-15-22(25(32)23-17-35-26(29-23)19-9-6-12-28-14-19)21-11-10-20(13-24(21)31)34-16-18-7-4-3-5-8-18/h3-15,17,26,29H,16H2,1-2H3. The molecule has 0 fully saturated rings. The summed E-state index contributed by atoms with van der Waals surface area (Å²) < 4.78 is 7.47. The Morgan fingerprint density at radius 3 is 2.69 bits per heavy atom.